The summed E-state index contributed by atoms with van der Waals surface area (Å²) in [5.74, 6) is -0.569. The van der Waals surface area contributed by atoms with Gasteiger partial charge in [-0.3, -0.25) is 9.59 Å². The Kier molecular flexibility index (Phi) is 6.35. The van der Waals surface area contributed by atoms with Crippen LogP contribution in [0.4, 0.5) is 10.1 Å². The highest BCUT2D eigenvalue weighted by Gasteiger charge is 2.17. The molecular weight excluding hydrogens is 437 g/mol. The highest BCUT2D eigenvalue weighted by molar-refractivity contribution is 9.10. The van der Waals surface area contributed by atoms with E-state index >= 15 is 0 Å². The van der Waals surface area contributed by atoms with E-state index in [9.17, 15) is 14.0 Å². The first-order valence-corrected chi connectivity index (χ1v) is 9.12. The molecule has 1 N–H and O–H groups in total. The van der Waals surface area contributed by atoms with Gasteiger partial charge in [0, 0.05) is 16.6 Å². The second-order valence-corrected chi connectivity index (χ2v) is 6.68. The van der Waals surface area contributed by atoms with Gasteiger partial charge < -0.3 is 24.3 Å². The van der Waals surface area contributed by atoms with Crippen LogP contribution in [0.15, 0.2) is 34.8 Å². The summed E-state index contributed by atoms with van der Waals surface area (Å²) in [5, 5.41) is 2.63. The van der Waals surface area contributed by atoms with Crippen molar-refractivity contribution in [3.05, 3.63) is 46.2 Å². The van der Waals surface area contributed by atoms with Crippen molar-refractivity contribution in [3.63, 3.8) is 0 Å². The van der Waals surface area contributed by atoms with E-state index in [-0.39, 0.29) is 12.2 Å². The van der Waals surface area contributed by atoms with Crippen molar-refractivity contribution in [3.8, 4) is 17.2 Å². The van der Waals surface area contributed by atoms with E-state index in [4.69, 9.17) is 18.9 Å². The number of amides is 1. The van der Waals surface area contributed by atoms with Crippen LogP contribution in [-0.2, 0) is 20.7 Å². The first-order chi connectivity index (χ1) is 13.5. The summed E-state index contributed by atoms with van der Waals surface area (Å²) in [6.45, 7) is 0.406. The zero-order chi connectivity index (χ0) is 20.1. The van der Waals surface area contributed by atoms with Crippen LogP contribution in [0.5, 0.6) is 17.2 Å². The Balaban J connectivity index is 1.53. The fourth-order valence-corrected chi connectivity index (χ4v) is 2.95. The maximum absolute atomic E-state index is 13.7. The van der Waals surface area contributed by atoms with Crippen LogP contribution in [0.3, 0.4) is 0 Å². The highest BCUT2D eigenvalue weighted by Crippen LogP contribution is 2.38. The van der Waals surface area contributed by atoms with Gasteiger partial charge in [-0.15, -0.1) is 0 Å². The quantitative estimate of drug-likeness (QED) is 0.676. The van der Waals surface area contributed by atoms with Crippen LogP contribution in [0.2, 0.25) is 0 Å². The second kappa shape index (κ2) is 8.92. The summed E-state index contributed by atoms with van der Waals surface area (Å²) in [5.41, 5.74) is 0.876. The molecule has 1 aliphatic heterocycles. The first-order valence-electron chi connectivity index (χ1n) is 8.33. The van der Waals surface area contributed by atoms with Crippen molar-refractivity contribution < 1.29 is 32.9 Å². The maximum Gasteiger partial charge on any atom is 0.310 e. The van der Waals surface area contributed by atoms with Crippen molar-refractivity contribution in [2.75, 3.05) is 32.2 Å². The van der Waals surface area contributed by atoms with Crippen LogP contribution >= 0.6 is 15.9 Å². The predicted molar refractivity (Wildman–Crippen MR) is 101 cm³/mol. The van der Waals surface area contributed by atoms with E-state index in [1.165, 1.54) is 19.2 Å². The van der Waals surface area contributed by atoms with Gasteiger partial charge in [-0.25, -0.2) is 4.39 Å². The lowest BCUT2D eigenvalue weighted by Gasteiger charge is -2.20. The average molecular weight is 454 g/mol. The molecule has 0 spiro atoms. The van der Waals surface area contributed by atoms with Crippen molar-refractivity contribution >= 4 is 33.5 Å². The fraction of sp³-hybridized carbons (Fsp3) is 0.263. The molecule has 7 nitrogen and oxygen atoms in total. The van der Waals surface area contributed by atoms with E-state index in [1.54, 1.807) is 18.2 Å². The smallest absolute Gasteiger partial charge is 0.310 e. The van der Waals surface area contributed by atoms with Crippen molar-refractivity contribution in [1.29, 1.82) is 0 Å². The lowest BCUT2D eigenvalue weighted by Crippen LogP contribution is -2.22. The summed E-state index contributed by atoms with van der Waals surface area (Å²) < 4.78 is 34.9. The van der Waals surface area contributed by atoms with Crippen LogP contribution in [0.25, 0.3) is 0 Å². The zero-order valence-electron chi connectivity index (χ0n) is 14.9. The van der Waals surface area contributed by atoms with Gasteiger partial charge in [0.2, 0.25) is 0 Å². The summed E-state index contributed by atoms with van der Waals surface area (Å²) in [7, 11) is 1.35. The molecular formula is C19H17BrFNO6. The molecule has 3 rings (SSSR count). The Labute approximate surface area is 168 Å². The number of rotatable bonds is 6. The van der Waals surface area contributed by atoms with Gasteiger partial charge in [-0.1, -0.05) is 6.07 Å². The molecule has 2 aromatic carbocycles. The number of nitrogens with one attached hydrogen (secondary N) is 1. The largest absolute Gasteiger partial charge is 0.494 e. The van der Waals surface area contributed by atoms with Crippen LogP contribution in [0, 0.1) is 5.82 Å². The highest BCUT2D eigenvalue weighted by atomic mass is 79.9. The third-order valence-corrected chi connectivity index (χ3v) is 4.49. The molecule has 0 atom stereocenters. The Hall–Kier alpha value is -2.81. The minimum absolute atomic E-state index is 0.0847. The predicted octanol–water partition coefficient (Wildman–Crippen LogP) is 3.09. The number of benzene rings is 2. The van der Waals surface area contributed by atoms with Crippen LogP contribution < -0.4 is 19.5 Å². The van der Waals surface area contributed by atoms with Gasteiger partial charge in [0.1, 0.15) is 13.2 Å². The minimum atomic E-state index is -0.652. The first kappa shape index (κ1) is 19.9. The van der Waals surface area contributed by atoms with E-state index in [0.29, 0.717) is 40.4 Å². The zero-order valence-corrected chi connectivity index (χ0v) is 16.5. The Morgan fingerprint density at radius 1 is 1.18 bits per heavy atom. The number of carbonyl (C=O) groups excluding carboxylic acids is 2. The molecule has 148 valence electrons. The number of fused-ring (bicyclic) bond motifs is 1. The van der Waals surface area contributed by atoms with Crippen molar-refractivity contribution in [1.82, 2.24) is 0 Å². The van der Waals surface area contributed by atoms with Gasteiger partial charge >= 0.3 is 5.97 Å². The number of hydrogen-bond acceptors (Lipinski definition) is 6. The van der Waals surface area contributed by atoms with E-state index < -0.39 is 24.3 Å². The molecule has 1 aliphatic rings. The number of halogens is 2. The topological polar surface area (TPSA) is 83.1 Å². The average Bonchev–Trinajstić information content (AvgIpc) is 2.67. The molecule has 9 heteroatoms. The second-order valence-electron chi connectivity index (χ2n) is 5.83. The molecule has 1 heterocycles. The number of hydrogen-bond donors (Lipinski definition) is 1. The lowest BCUT2D eigenvalue weighted by molar-refractivity contribution is -0.146. The standard InChI is InChI=1S/C19H17BrFNO6/c1-25-15-3-2-11(6-13(15)21)7-19(24)28-10-18(23)22-14-9-17-16(8-12(14)20)26-4-5-27-17/h2-3,6,8-9H,4-5,7,10H2,1H3,(H,22,23). The van der Waals surface area contributed by atoms with E-state index in [0.717, 1.165) is 0 Å². The number of carbonyl (C=O) groups is 2. The summed E-state index contributed by atoms with van der Waals surface area (Å²) >= 11 is 3.34. The molecule has 0 saturated carbocycles. The Morgan fingerprint density at radius 3 is 2.57 bits per heavy atom. The SMILES string of the molecule is COc1ccc(CC(=O)OCC(=O)Nc2cc3c(cc2Br)OCCO3)cc1F. The number of esters is 1. The van der Waals surface area contributed by atoms with Crippen molar-refractivity contribution in [2.24, 2.45) is 0 Å². The minimum Gasteiger partial charge on any atom is -0.494 e. The molecule has 2 aromatic rings. The van der Waals surface area contributed by atoms with Crippen LogP contribution in [0.1, 0.15) is 5.56 Å². The third-order valence-electron chi connectivity index (χ3n) is 3.83. The molecule has 0 saturated heterocycles. The third kappa shape index (κ3) is 4.92. The van der Waals surface area contributed by atoms with Crippen molar-refractivity contribution in [2.45, 2.75) is 6.42 Å². The summed E-state index contributed by atoms with van der Waals surface area (Å²) in [6, 6.07) is 7.47. The number of anilines is 1. The Morgan fingerprint density at radius 2 is 1.89 bits per heavy atom. The fourth-order valence-electron chi connectivity index (χ4n) is 2.53. The van der Waals surface area contributed by atoms with E-state index in [1.807, 2.05) is 0 Å². The number of methoxy groups -OCH3 is 1. The molecule has 0 bridgehead atoms. The monoisotopic (exact) mass is 453 g/mol. The molecule has 0 aliphatic carbocycles. The van der Waals surface area contributed by atoms with Gasteiger partial charge in [0.05, 0.1) is 19.2 Å². The summed E-state index contributed by atoms with van der Waals surface area (Å²) in [4.78, 5) is 24.0. The summed E-state index contributed by atoms with van der Waals surface area (Å²) in [6.07, 6.45) is -0.165. The molecule has 0 radical (unpaired) electrons. The van der Waals surface area contributed by atoms with E-state index in [2.05, 4.69) is 21.2 Å². The molecule has 0 fully saturated rings. The normalized spacial score (nSPS) is 12.2. The maximum atomic E-state index is 13.7. The van der Waals surface area contributed by atoms with Gasteiger partial charge in [0.25, 0.3) is 5.91 Å². The Bertz CT molecular complexity index is 904. The molecule has 0 aromatic heterocycles. The van der Waals surface area contributed by atoms with Gasteiger partial charge in [0.15, 0.2) is 29.7 Å². The molecule has 1 amide bonds. The molecule has 0 unspecified atom stereocenters. The van der Waals surface area contributed by atoms with Gasteiger partial charge in [-0.05, 0) is 33.6 Å². The number of ether oxygens (including phenoxy) is 4. The lowest BCUT2D eigenvalue weighted by atomic mass is 10.1. The van der Waals surface area contributed by atoms with Crippen LogP contribution in [-0.4, -0.2) is 38.8 Å². The molecule has 28 heavy (non-hydrogen) atoms. The van der Waals surface area contributed by atoms with Gasteiger partial charge in [-0.2, -0.15) is 0 Å².